The summed E-state index contributed by atoms with van der Waals surface area (Å²) < 4.78 is 0. The molecule has 3 heteroatoms. The quantitative estimate of drug-likeness (QED) is 0.880. The van der Waals surface area contributed by atoms with Gasteiger partial charge < -0.3 is 10.6 Å². The number of nitrogens with one attached hydrogen (secondary N) is 2. The molecule has 21 heavy (non-hydrogen) atoms. The minimum atomic E-state index is -0.0534. The predicted octanol–water partition coefficient (Wildman–Crippen LogP) is 3.57. The van der Waals surface area contributed by atoms with E-state index in [2.05, 4.69) is 41.8 Å². The molecule has 2 aromatic carbocycles. The van der Waals surface area contributed by atoms with E-state index in [1.165, 1.54) is 5.56 Å². The second kappa shape index (κ2) is 6.93. The summed E-state index contributed by atoms with van der Waals surface area (Å²) in [5.74, 6) is 0.381. The molecular weight excluding hydrogens is 260 g/mol. The van der Waals surface area contributed by atoms with Gasteiger partial charge in [0.05, 0.1) is 0 Å². The summed E-state index contributed by atoms with van der Waals surface area (Å²) >= 11 is 0. The van der Waals surface area contributed by atoms with Crippen molar-refractivity contribution in [3.63, 3.8) is 0 Å². The highest BCUT2D eigenvalue weighted by Crippen LogP contribution is 2.20. The van der Waals surface area contributed by atoms with E-state index in [0.29, 0.717) is 11.5 Å². The molecule has 2 aromatic rings. The molecule has 0 saturated heterocycles. The maximum atomic E-state index is 11.6. The topological polar surface area (TPSA) is 41.1 Å². The van der Waals surface area contributed by atoms with E-state index < -0.39 is 0 Å². The Hall–Kier alpha value is -2.29. The molecule has 110 valence electrons. The first-order valence-electron chi connectivity index (χ1n) is 7.23. The summed E-state index contributed by atoms with van der Waals surface area (Å²) in [6.07, 6.45) is 0. The number of carbonyl (C=O) groups excluding carboxylic acids is 1. The fourth-order valence-electron chi connectivity index (χ4n) is 2.31. The monoisotopic (exact) mass is 282 g/mol. The molecule has 0 bridgehead atoms. The second-order valence-corrected chi connectivity index (χ2v) is 5.30. The van der Waals surface area contributed by atoms with Crippen LogP contribution in [0.1, 0.15) is 34.3 Å². The normalized spacial score (nSPS) is 11.8. The maximum Gasteiger partial charge on any atom is 0.251 e. The number of benzene rings is 2. The van der Waals surface area contributed by atoms with E-state index in [1.807, 2.05) is 31.2 Å². The van der Waals surface area contributed by atoms with Gasteiger partial charge in [0.15, 0.2) is 0 Å². The molecular formula is C18H22N2O. The second-order valence-electron chi connectivity index (χ2n) is 5.30. The Bertz CT molecular complexity index is 608. The highest BCUT2D eigenvalue weighted by molar-refractivity contribution is 5.94. The van der Waals surface area contributed by atoms with Crippen LogP contribution in [0.5, 0.6) is 0 Å². The Morgan fingerprint density at radius 3 is 2.48 bits per heavy atom. The largest absolute Gasteiger partial charge is 0.384 e. The molecule has 0 aliphatic heterocycles. The standard InChI is InChI=1S/C18H22N2O/c1-13-11-16(18(21)19-3)9-10-17(13)20-12-14(2)15-7-5-4-6-8-15/h4-11,14,20H,12H2,1-3H3,(H,19,21). The first-order chi connectivity index (χ1) is 10.1. The molecule has 0 fully saturated rings. The molecule has 2 rings (SSSR count). The molecule has 0 aliphatic carbocycles. The van der Waals surface area contributed by atoms with Gasteiger partial charge in [-0.2, -0.15) is 0 Å². The number of aryl methyl sites for hydroxylation is 1. The number of anilines is 1. The van der Waals surface area contributed by atoms with Crippen LogP contribution in [0.2, 0.25) is 0 Å². The lowest BCUT2D eigenvalue weighted by Crippen LogP contribution is -2.18. The van der Waals surface area contributed by atoms with Gasteiger partial charge in [0, 0.05) is 24.8 Å². The average Bonchev–Trinajstić information content (AvgIpc) is 2.53. The molecule has 2 N–H and O–H groups in total. The zero-order valence-electron chi connectivity index (χ0n) is 12.8. The number of carbonyl (C=O) groups is 1. The summed E-state index contributed by atoms with van der Waals surface area (Å²) in [7, 11) is 1.64. The zero-order valence-corrected chi connectivity index (χ0v) is 12.8. The van der Waals surface area contributed by atoms with Crippen molar-refractivity contribution in [3.8, 4) is 0 Å². The summed E-state index contributed by atoms with van der Waals surface area (Å²) in [6.45, 7) is 5.09. The molecule has 1 amide bonds. The van der Waals surface area contributed by atoms with Gasteiger partial charge in [0.2, 0.25) is 0 Å². The van der Waals surface area contributed by atoms with E-state index in [-0.39, 0.29) is 5.91 Å². The van der Waals surface area contributed by atoms with Crippen molar-refractivity contribution >= 4 is 11.6 Å². The van der Waals surface area contributed by atoms with E-state index in [4.69, 9.17) is 0 Å². The fourth-order valence-corrected chi connectivity index (χ4v) is 2.31. The Kier molecular flexibility index (Phi) is 4.99. The van der Waals surface area contributed by atoms with Gasteiger partial charge in [-0.25, -0.2) is 0 Å². The van der Waals surface area contributed by atoms with Gasteiger partial charge in [-0.3, -0.25) is 4.79 Å². The lowest BCUT2D eigenvalue weighted by molar-refractivity contribution is 0.0963. The Labute approximate surface area is 126 Å². The van der Waals surface area contributed by atoms with Crippen molar-refractivity contribution in [2.45, 2.75) is 19.8 Å². The highest BCUT2D eigenvalue weighted by atomic mass is 16.1. The van der Waals surface area contributed by atoms with Crippen molar-refractivity contribution < 1.29 is 4.79 Å². The van der Waals surface area contributed by atoms with Crippen molar-refractivity contribution in [2.75, 3.05) is 18.9 Å². The third-order valence-electron chi connectivity index (χ3n) is 3.68. The molecule has 3 nitrogen and oxygen atoms in total. The van der Waals surface area contributed by atoms with Crippen LogP contribution in [0.3, 0.4) is 0 Å². The van der Waals surface area contributed by atoms with Gasteiger partial charge in [0.1, 0.15) is 0 Å². The van der Waals surface area contributed by atoms with Crippen LogP contribution in [-0.4, -0.2) is 19.5 Å². The minimum Gasteiger partial charge on any atom is -0.384 e. The van der Waals surface area contributed by atoms with Gasteiger partial charge >= 0.3 is 0 Å². The molecule has 1 unspecified atom stereocenters. The van der Waals surface area contributed by atoms with Gasteiger partial charge in [0.25, 0.3) is 5.91 Å². The third kappa shape index (κ3) is 3.85. The van der Waals surface area contributed by atoms with E-state index in [9.17, 15) is 4.79 Å². The molecule has 0 aliphatic rings. The Morgan fingerprint density at radius 1 is 1.14 bits per heavy atom. The van der Waals surface area contributed by atoms with Crippen molar-refractivity contribution in [3.05, 3.63) is 65.2 Å². The number of hydrogen-bond acceptors (Lipinski definition) is 2. The van der Waals surface area contributed by atoms with E-state index >= 15 is 0 Å². The summed E-state index contributed by atoms with van der Waals surface area (Å²) in [4.78, 5) is 11.6. The molecule has 0 saturated carbocycles. The zero-order chi connectivity index (χ0) is 15.2. The number of hydrogen-bond donors (Lipinski definition) is 2. The van der Waals surface area contributed by atoms with Crippen LogP contribution in [0.25, 0.3) is 0 Å². The highest BCUT2D eigenvalue weighted by Gasteiger charge is 2.08. The Morgan fingerprint density at radius 2 is 1.86 bits per heavy atom. The van der Waals surface area contributed by atoms with Gasteiger partial charge in [-0.15, -0.1) is 0 Å². The van der Waals surface area contributed by atoms with Crippen molar-refractivity contribution in [1.29, 1.82) is 0 Å². The summed E-state index contributed by atoms with van der Waals surface area (Å²) in [5.41, 5.74) is 4.17. The van der Waals surface area contributed by atoms with E-state index in [1.54, 1.807) is 7.05 Å². The average molecular weight is 282 g/mol. The van der Waals surface area contributed by atoms with Crippen molar-refractivity contribution in [2.24, 2.45) is 0 Å². The third-order valence-corrected chi connectivity index (χ3v) is 3.68. The lowest BCUT2D eigenvalue weighted by atomic mass is 10.0. The smallest absolute Gasteiger partial charge is 0.251 e. The first kappa shape index (κ1) is 15.1. The van der Waals surface area contributed by atoms with Crippen LogP contribution < -0.4 is 10.6 Å². The van der Waals surface area contributed by atoms with Crippen LogP contribution in [0, 0.1) is 6.92 Å². The summed E-state index contributed by atoms with van der Waals surface area (Å²) in [6, 6.07) is 16.2. The van der Waals surface area contributed by atoms with E-state index in [0.717, 1.165) is 17.8 Å². The SMILES string of the molecule is CNC(=O)c1ccc(NCC(C)c2ccccc2)c(C)c1. The molecule has 0 heterocycles. The molecule has 0 radical (unpaired) electrons. The number of rotatable bonds is 5. The molecule has 0 aromatic heterocycles. The predicted molar refractivity (Wildman–Crippen MR) is 87.9 cm³/mol. The lowest BCUT2D eigenvalue weighted by Gasteiger charge is -2.16. The van der Waals surface area contributed by atoms with Gasteiger partial charge in [-0.1, -0.05) is 37.3 Å². The minimum absolute atomic E-state index is 0.0534. The Balaban J connectivity index is 2.02. The molecule has 0 spiro atoms. The first-order valence-corrected chi connectivity index (χ1v) is 7.23. The van der Waals surface area contributed by atoms with Crippen LogP contribution in [0.4, 0.5) is 5.69 Å². The van der Waals surface area contributed by atoms with Gasteiger partial charge in [-0.05, 0) is 42.2 Å². The maximum absolute atomic E-state index is 11.6. The van der Waals surface area contributed by atoms with Crippen molar-refractivity contribution in [1.82, 2.24) is 5.32 Å². The molecule has 1 atom stereocenters. The summed E-state index contributed by atoms with van der Waals surface area (Å²) in [5, 5.41) is 6.10. The van der Waals surface area contributed by atoms with Crippen LogP contribution in [0.15, 0.2) is 48.5 Å². The number of amides is 1. The fraction of sp³-hybridized carbons (Fsp3) is 0.278. The van der Waals surface area contributed by atoms with Crippen LogP contribution >= 0.6 is 0 Å². The van der Waals surface area contributed by atoms with Crippen LogP contribution in [-0.2, 0) is 0 Å².